The minimum atomic E-state index is 0. The molecule has 1 saturated heterocycles. The molecule has 2 aromatic rings. The van der Waals surface area contributed by atoms with Crippen molar-refractivity contribution in [3.63, 3.8) is 0 Å². The lowest BCUT2D eigenvalue weighted by molar-refractivity contribution is -0.135. The second-order valence-electron chi connectivity index (χ2n) is 9.50. The number of halogens is 1. The molecule has 4 aliphatic rings. The number of rotatable bonds is 4. The molecule has 6 rings (SSSR count). The zero-order chi connectivity index (χ0) is 18.8. The molecule has 29 heavy (non-hydrogen) atoms. The third-order valence-electron chi connectivity index (χ3n) is 8.11. The molecule has 154 valence electrons. The van der Waals surface area contributed by atoms with Gasteiger partial charge < -0.3 is 10.2 Å². The van der Waals surface area contributed by atoms with Crippen molar-refractivity contribution in [1.82, 2.24) is 10.2 Å². The fourth-order valence-corrected chi connectivity index (χ4v) is 6.93. The van der Waals surface area contributed by atoms with Crippen molar-refractivity contribution in [2.45, 2.75) is 56.5 Å². The van der Waals surface area contributed by atoms with Gasteiger partial charge >= 0.3 is 0 Å². The van der Waals surface area contributed by atoms with Crippen LogP contribution in [0.25, 0.3) is 0 Å². The molecule has 3 nitrogen and oxygen atoms in total. The highest BCUT2D eigenvalue weighted by atomic mass is 35.5. The zero-order valence-electron chi connectivity index (χ0n) is 16.7. The first-order valence-electron chi connectivity index (χ1n) is 10.8. The number of thiophene rings is 1. The van der Waals surface area contributed by atoms with E-state index in [1.807, 2.05) is 0 Å². The summed E-state index contributed by atoms with van der Waals surface area (Å²) in [5.74, 6) is 0.637. The van der Waals surface area contributed by atoms with Crippen LogP contribution >= 0.6 is 23.7 Å². The fraction of sp³-hybridized carbons (Fsp3) is 0.542. The van der Waals surface area contributed by atoms with Gasteiger partial charge in [0.2, 0.25) is 5.91 Å². The van der Waals surface area contributed by atoms with Gasteiger partial charge in [0.1, 0.15) is 0 Å². The predicted molar refractivity (Wildman–Crippen MR) is 120 cm³/mol. The second-order valence-corrected chi connectivity index (χ2v) is 10.3. The third kappa shape index (κ3) is 3.07. The molecule has 0 radical (unpaired) electrons. The van der Waals surface area contributed by atoms with Crippen LogP contribution in [0.1, 0.15) is 48.8 Å². The maximum Gasteiger partial charge on any atom is 0.227 e. The summed E-state index contributed by atoms with van der Waals surface area (Å²) < 4.78 is 0. The molecular weight excluding hydrogens is 400 g/mol. The molecular formula is C24H29ClN2OS. The topological polar surface area (TPSA) is 32.3 Å². The van der Waals surface area contributed by atoms with Crippen molar-refractivity contribution in [3.8, 4) is 0 Å². The molecule has 2 heterocycles. The average Bonchev–Trinajstić information content (AvgIpc) is 3.46. The van der Waals surface area contributed by atoms with Crippen LogP contribution in [-0.2, 0) is 23.2 Å². The Morgan fingerprint density at radius 1 is 1.14 bits per heavy atom. The van der Waals surface area contributed by atoms with Crippen LogP contribution in [0.15, 0.2) is 41.1 Å². The Kier molecular flexibility index (Phi) is 4.80. The first-order chi connectivity index (χ1) is 13.7. The molecule has 1 aromatic heterocycles. The van der Waals surface area contributed by atoms with Gasteiger partial charge in [0, 0.05) is 23.9 Å². The first kappa shape index (κ1) is 19.6. The van der Waals surface area contributed by atoms with Crippen LogP contribution in [0, 0.1) is 11.3 Å². The van der Waals surface area contributed by atoms with E-state index >= 15 is 0 Å². The van der Waals surface area contributed by atoms with Gasteiger partial charge in [-0.05, 0) is 90.5 Å². The molecule has 5 heteroatoms. The summed E-state index contributed by atoms with van der Waals surface area (Å²) in [6.07, 6.45) is 7.02. The summed E-state index contributed by atoms with van der Waals surface area (Å²) in [6.45, 7) is 3.02. The maximum absolute atomic E-state index is 13.8. The number of fused-ring (bicyclic) bond motifs is 2. The summed E-state index contributed by atoms with van der Waals surface area (Å²) >= 11 is 1.74. The van der Waals surface area contributed by atoms with Gasteiger partial charge in [-0.2, -0.15) is 11.3 Å². The lowest BCUT2D eigenvalue weighted by atomic mass is 9.92. The molecule has 3 aliphatic carbocycles. The van der Waals surface area contributed by atoms with Gasteiger partial charge in [-0.25, -0.2) is 0 Å². The first-order valence-corrected chi connectivity index (χ1v) is 11.8. The number of carbonyl (C=O) groups excluding carboxylic acids is 1. The highest BCUT2D eigenvalue weighted by molar-refractivity contribution is 7.07. The lowest BCUT2D eigenvalue weighted by Gasteiger charge is -2.30. The van der Waals surface area contributed by atoms with Crippen molar-refractivity contribution >= 4 is 29.7 Å². The standard InChI is InChI=1S/C24H28N2OS.ClH/c27-22(20-13-24(20)7-5-18-3-1-2-4-19(18)24)26(15-17-6-12-28-16-17)21-14-23(21)8-10-25-11-9-23;/h1-4,6,12,16,20-21,25H,5,7-11,13-15H2;1H. The smallest absolute Gasteiger partial charge is 0.227 e. The fourth-order valence-electron chi connectivity index (χ4n) is 6.27. The highest BCUT2D eigenvalue weighted by Crippen LogP contribution is 2.63. The van der Waals surface area contributed by atoms with E-state index in [2.05, 4.69) is 51.3 Å². The van der Waals surface area contributed by atoms with Crippen LogP contribution in [-0.4, -0.2) is 29.9 Å². The number of aryl methyl sites for hydroxylation is 1. The molecule has 1 N–H and O–H groups in total. The predicted octanol–water partition coefficient (Wildman–Crippen LogP) is 4.54. The number of amides is 1. The number of benzene rings is 1. The number of hydrogen-bond donors (Lipinski definition) is 1. The monoisotopic (exact) mass is 428 g/mol. The minimum Gasteiger partial charge on any atom is -0.335 e. The summed E-state index contributed by atoms with van der Waals surface area (Å²) in [7, 11) is 0. The number of piperidine rings is 1. The highest BCUT2D eigenvalue weighted by Gasteiger charge is 2.65. The minimum absolute atomic E-state index is 0. The maximum atomic E-state index is 13.8. The summed E-state index contributed by atoms with van der Waals surface area (Å²) in [5.41, 5.74) is 4.79. The largest absolute Gasteiger partial charge is 0.335 e. The molecule has 3 unspecified atom stereocenters. The van der Waals surface area contributed by atoms with Gasteiger partial charge in [-0.1, -0.05) is 24.3 Å². The summed E-state index contributed by atoms with van der Waals surface area (Å²) in [4.78, 5) is 16.1. The summed E-state index contributed by atoms with van der Waals surface area (Å²) in [5, 5.41) is 7.85. The second kappa shape index (κ2) is 7.11. The van der Waals surface area contributed by atoms with Crippen LogP contribution < -0.4 is 5.32 Å². The van der Waals surface area contributed by atoms with Crippen molar-refractivity contribution in [1.29, 1.82) is 0 Å². The number of carbonyl (C=O) groups is 1. The Hall–Kier alpha value is -1.36. The van der Waals surface area contributed by atoms with E-state index in [0.717, 1.165) is 38.9 Å². The van der Waals surface area contributed by atoms with Gasteiger partial charge in [-0.3, -0.25) is 4.79 Å². The Morgan fingerprint density at radius 3 is 2.76 bits per heavy atom. The molecule has 2 spiro atoms. The molecule has 3 atom stereocenters. The number of nitrogens with zero attached hydrogens (tertiary/aromatic N) is 1. The quantitative estimate of drug-likeness (QED) is 0.775. The SMILES string of the molecule is Cl.O=C(C1CC12CCc1ccccc12)N(Cc1ccsc1)C1CC12CCNCC2. The van der Waals surface area contributed by atoms with Crippen LogP contribution in [0.2, 0.25) is 0 Å². The average molecular weight is 429 g/mol. The van der Waals surface area contributed by atoms with Crippen molar-refractivity contribution in [2.75, 3.05) is 13.1 Å². The Balaban J connectivity index is 0.00000181. The number of hydrogen-bond acceptors (Lipinski definition) is 3. The van der Waals surface area contributed by atoms with E-state index in [1.54, 1.807) is 11.3 Å². The molecule has 1 aliphatic heterocycles. The van der Waals surface area contributed by atoms with Crippen LogP contribution in [0.5, 0.6) is 0 Å². The van der Waals surface area contributed by atoms with E-state index in [1.165, 1.54) is 36.0 Å². The van der Waals surface area contributed by atoms with Crippen LogP contribution in [0.3, 0.4) is 0 Å². The van der Waals surface area contributed by atoms with Crippen molar-refractivity contribution in [3.05, 3.63) is 57.8 Å². The van der Waals surface area contributed by atoms with E-state index in [-0.39, 0.29) is 23.7 Å². The molecule has 0 bridgehead atoms. The van der Waals surface area contributed by atoms with Gasteiger partial charge in [0.25, 0.3) is 0 Å². The number of nitrogens with one attached hydrogen (secondary N) is 1. The molecule has 2 saturated carbocycles. The zero-order valence-corrected chi connectivity index (χ0v) is 18.4. The van der Waals surface area contributed by atoms with Gasteiger partial charge in [0.05, 0.1) is 0 Å². The Morgan fingerprint density at radius 2 is 1.97 bits per heavy atom. The molecule has 1 amide bonds. The van der Waals surface area contributed by atoms with E-state index in [4.69, 9.17) is 0 Å². The lowest BCUT2D eigenvalue weighted by Crippen LogP contribution is -2.40. The van der Waals surface area contributed by atoms with Crippen molar-refractivity contribution < 1.29 is 4.79 Å². The normalized spacial score (nSPS) is 30.6. The van der Waals surface area contributed by atoms with E-state index in [9.17, 15) is 4.79 Å². The van der Waals surface area contributed by atoms with Gasteiger partial charge in [0.15, 0.2) is 0 Å². The molecule has 1 aromatic carbocycles. The van der Waals surface area contributed by atoms with Crippen LogP contribution in [0.4, 0.5) is 0 Å². The summed E-state index contributed by atoms with van der Waals surface area (Å²) in [6, 6.07) is 11.5. The Labute approximate surface area is 183 Å². The van der Waals surface area contributed by atoms with E-state index in [0.29, 0.717) is 17.4 Å². The third-order valence-corrected chi connectivity index (χ3v) is 8.84. The van der Waals surface area contributed by atoms with Crippen molar-refractivity contribution in [2.24, 2.45) is 11.3 Å². The Bertz CT molecular complexity index is 907. The van der Waals surface area contributed by atoms with Gasteiger partial charge in [-0.15, -0.1) is 12.4 Å². The molecule has 3 fully saturated rings. The van der Waals surface area contributed by atoms with E-state index < -0.39 is 0 Å².